The number of nitrogens with zero attached hydrogens (tertiary/aromatic N) is 5. The highest BCUT2D eigenvalue weighted by atomic mass is 19.4. The molecule has 2 saturated heterocycles. The lowest BCUT2D eigenvalue weighted by atomic mass is 9.80. The van der Waals surface area contributed by atoms with Crippen molar-refractivity contribution < 1.29 is 23.1 Å². The molecule has 1 aromatic heterocycles. The van der Waals surface area contributed by atoms with E-state index in [0.29, 0.717) is 63.4 Å². The fourth-order valence-corrected chi connectivity index (χ4v) is 6.64. The standard InChI is InChI=1S/C32H37F3N6O2/c33-32(34,35)24-3-1-4-27(19-24)40-16-9-22(10-17-40)30(42)41-18-11-26(21-41)39-25-7-12-31(43,13-8-25)28-6-5-23(20-38-28)29-36-14-2-15-37-29/h1-5,7,12,14-15,19-20,22,25-26,28,39,43H,6,8-11,13,16-18,21H2. The van der Waals surface area contributed by atoms with Crippen molar-refractivity contribution in [2.45, 2.75) is 68.4 Å². The van der Waals surface area contributed by atoms with Crippen molar-refractivity contribution in [3.63, 3.8) is 0 Å². The Morgan fingerprint density at radius 1 is 1.05 bits per heavy atom. The van der Waals surface area contributed by atoms with Gasteiger partial charge < -0.3 is 20.2 Å². The number of amides is 1. The van der Waals surface area contributed by atoms with Gasteiger partial charge in [0.15, 0.2) is 5.82 Å². The first-order chi connectivity index (χ1) is 20.7. The molecule has 4 unspecified atom stereocenters. The molecule has 0 saturated carbocycles. The summed E-state index contributed by atoms with van der Waals surface area (Å²) in [4.78, 5) is 30.3. The Labute approximate surface area is 249 Å². The van der Waals surface area contributed by atoms with E-state index in [9.17, 15) is 23.1 Å². The molecule has 6 rings (SSSR count). The third-order valence-electron chi connectivity index (χ3n) is 9.16. The SMILES string of the molecule is O=C(C1CCN(c2cccc(C(F)(F)F)c2)CC1)N1CCC(NC2C=CC(O)(C3CC=C(c4ncccn4)C=N3)CC2)C1. The second-order valence-electron chi connectivity index (χ2n) is 12.0. The van der Waals surface area contributed by atoms with Crippen molar-refractivity contribution in [3.05, 3.63) is 72.3 Å². The summed E-state index contributed by atoms with van der Waals surface area (Å²) in [6.07, 6.45) is 10.8. The molecule has 3 aliphatic heterocycles. The van der Waals surface area contributed by atoms with E-state index >= 15 is 0 Å². The van der Waals surface area contributed by atoms with E-state index in [1.54, 1.807) is 30.7 Å². The molecular formula is C32H37F3N6O2. The van der Waals surface area contributed by atoms with Gasteiger partial charge in [0.05, 0.1) is 11.6 Å². The molecule has 0 bridgehead atoms. The van der Waals surface area contributed by atoms with Gasteiger partial charge in [-0.1, -0.05) is 24.3 Å². The first kappa shape index (κ1) is 29.5. The number of allylic oxidation sites excluding steroid dienone is 1. The maximum atomic E-state index is 13.3. The highest BCUT2D eigenvalue weighted by Crippen LogP contribution is 2.34. The first-order valence-corrected chi connectivity index (χ1v) is 15.1. The average molecular weight is 595 g/mol. The van der Waals surface area contributed by atoms with E-state index in [0.717, 1.165) is 24.5 Å². The number of aromatic nitrogens is 2. The lowest BCUT2D eigenvalue weighted by Gasteiger charge is -2.37. The minimum absolute atomic E-state index is 0.107. The van der Waals surface area contributed by atoms with Crippen LogP contribution < -0.4 is 10.2 Å². The van der Waals surface area contributed by atoms with Gasteiger partial charge in [0.2, 0.25) is 5.91 Å². The Morgan fingerprint density at radius 2 is 1.84 bits per heavy atom. The zero-order valence-corrected chi connectivity index (χ0v) is 24.0. The van der Waals surface area contributed by atoms with Gasteiger partial charge in [0.25, 0.3) is 0 Å². The molecule has 43 heavy (non-hydrogen) atoms. The number of rotatable bonds is 6. The number of likely N-dealkylation sites (tertiary alicyclic amines) is 1. The summed E-state index contributed by atoms with van der Waals surface area (Å²) in [7, 11) is 0. The number of aliphatic imine (C=N–C) groups is 1. The monoisotopic (exact) mass is 594 g/mol. The minimum Gasteiger partial charge on any atom is -0.384 e. The first-order valence-electron chi connectivity index (χ1n) is 15.1. The Kier molecular flexibility index (Phi) is 8.37. The van der Waals surface area contributed by atoms with Crippen LogP contribution in [0, 0.1) is 5.92 Å². The van der Waals surface area contributed by atoms with Crippen LogP contribution in [0.1, 0.15) is 49.9 Å². The molecule has 4 atom stereocenters. The van der Waals surface area contributed by atoms with Gasteiger partial charge in [-0.05, 0) is 62.8 Å². The molecule has 4 aliphatic rings. The van der Waals surface area contributed by atoms with Crippen molar-refractivity contribution in [2.24, 2.45) is 10.9 Å². The van der Waals surface area contributed by atoms with Gasteiger partial charge in [0, 0.05) is 74.0 Å². The van der Waals surface area contributed by atoms with Gasteiger partial charge in [-0.15, -0.1) is 0 Å². The molecule has 8 nitrogen and oxygen atoms in total. The Hall–Kier alpha value is -3.57. The van der Waals surface area contributed by atoms with Crippen molar-refractivity contribution in [1.82, 2.24) is 20.2 Å². The number of hydrogen-bond donors (Lipinski definition) is 2. The van der Waals surface area contributed by atoms with Crippen LogP contribution in [0.2, 0.25) is 0 Å². The van der Waals surface area contributed by atoms with Crippen LogP contribution in [0.4, 0.5) is 18.9 Å². The molecule has 0 spiro atoms. The zero-order chi connectivity index (χ0) is 30.0. The fourth-order valence-electron chi connectivity index (χ4n) is 6.64. The third-order valence-corrected chi connectivity index (χ3v) is 9.16. The summed E-state index contributed by atoms with van der Waals surface area (Å²) in [6, 6.07) is 7.23. The Morgan fingerprint density at radius 3 is 2.51 bits per heavy atom. The molecule has 228 valence electrons. The molecular weight excluding hydrogens is 557 g/mol. The molecule has 1 aromatic carbocycles. The summed E-state index contributed by atoms with van der Waals surface area (Å²) in [5.74, 6) is 0.666. The topological polar surface area (TPSA) is 94.0 Å². The van der Waals surface area contributed by atoms with E-state index < -0.39 is 17.3 Å². The summed E-state index contributed by atoms with van der Waals surface area (Å²) < 4.78 is 39.4. The maximum Gasteiger partial charge on any atom is 0.416 e. The van der Waals surface area contributed by atoms with Crippen molar-refractivity contribution in [1.29, 1.82) is 0 Å². The molecule has 1 amide bonds. The Bertz CT molecular complexity index is 1390. The molecule has 1 aliphatic carbocycles. The molecule has 2 fully saturated rings. The fraction of sp³-hybridized carbons (Fsp3) is 0.500. The van der Waals surface area contributed by atoms with Crippen LogP contribution in [0.5, 0.6) is 0 Å². The number of nitrogens with one attached hydrogen (secondary N) is 1. The van der Waals surface area contributed by atoms with E-state index in [2.05, 4.69) is 20.3 Å². The third kappa shape index (κ3) is 6.67. The van der Waals surface area contributed by atoms with Crippen LogP contribution in [0.15, 0.2) is 65.9 Å². The number of aliphatic hydroxyl groups is 1. The number of dihydropyridines is 1. The summed E-state index contributed by atoms with van der Waals surface area (Å²) in [5.41, 5.74) is -0.239. The van der Waals surface area contributed by atoms with Gasteiger partial charge in [-0.25, -0.2) is 9.97 Å². The number of hydrogen-bond acceptors (Lipinski definition) is 7. The van der Waals surface area contributed by atoms with E-state index in [1.165, 1.54) is 12.1 Å². The maximum absolute atomic E-state index is 13.3. The number of halogens is 3. The zero-order valence-electron chi connectivity index (χ0n) is 24.0. The van der Waals surface area contributed by atoms with Crippen LogP contribution in [-0.4, -0.2) is 82.0 Å². The number of anilines is 1. The second-order valence-corrected chi connectivity index (χ2v) is 12.0. The number of alkyl halides is 3. The van der Waals surface area contributed by atoms with Gasteiger partial charge in [-0.2, -0.15) is 13.2 Å². The lowest BCUT2D eigenvalue weighted by Crippen LogP contribution is -2.47. The van der Waals surface area contributed by atoms with Crippen molar-refractivity contribution in [3.8, 4) is 0 Å². The van der Waals surface area contributed by atoms with Crippen LogP contribution in [0.3, 0.4) is 0 Å². The van der Waals surface area contributed by atoms with Crippen molar-refractivity contribution >= 4 is 23.4 Å². The predicted octanol–water partition coefficient (Wildman–Crippen LogP) is 4.28. The summed E-state index contributed by atoms with van der Waals surface area (Å²) in [5, 5.41) is 15.0. The summed E-state index contributed by atoms with van der Waals surface area (Å²) >= 11 is 0. The highest BCUT2D eigenvalue weighted by molar-refractivity contribution is 6.08. The van der Waals surface area contributed by atoms with Crippen molar-refractivity contribution in [2.75, 3.05) is 31.1 Å². The molecule has 2 aromatic rings. The second kappa shape index (κ2) is 12.2. The van der Waals surface area contributed by atoms with Gasteiger partial charge in [-0.3, -0.25) is 9.79 Å². The normalized spacial score (nSPS) is 28.3. The van der Waals surface area contributed by atoms with E-state index in [4.69, 9.17) is 0 Å². The smallest absolute Gasteiger partial charge is 0.384 e. The number of carbonyl (C=O) groups is 1. The van der Waals surface area contributed by atoms with E-state index in [1.807, 2.05) is 28.0 Å². The molecule has 0 radical (unpaired) electrons. The largest absolute Gasteiger partial charge is 0.416 e. The Balaban J connectivity index is 0.961. The lowest BCUT2D eigenvalue weighted by molar-refractivity contribution is -0.137. The number of benzene rings is 1. The summed E-state index contributed by atoms with van der Waals surface area (Å²) in [6.45, 7) is 2.46. The van der Waals surface area contributed by atoms with Crippen LogP contribution >= 0.6 is 0 Å². The van der Waals surface area contributed by atoms with Gasteiger partial charge >= 0.3 is 6.18 Å². The number of piperidine rings is 1. The molecule has 2 N–H and O–H groups in total. The predicted molar refractivity (Wildman–Crippen MR) is 159 cm³/mol. The average Bonchev–Trinajstić information content (AvgIpc) is 3.51. The molecule has 4 heterocycles. The quantitative estimate of drug-likeness (QED) is 0.485. The van der Waals surface area contributed by atoms with E-state index in [-0.39, 0.29) is 30.0 Å². The number of carbonyl (C=O) groups excluding carboxylic acids is 1. The van der Waals surface area contributed by atoms with Crippen LogP contribution in [0.25, 0.3) is 5.57 Å². The minimum atomic E-state index is -4.37. The van der Waals surface area contributed by atoms with Crippen LogP contribution in [-0.2, 0) is 11.0 Å². The van der Waals surface area contributed by atoms with Gasteiger partial charge in [0.1, 0.15) is 5.60 Å². The molecule has 11 heteroatoms. The highest BCUT2D eigenvalue weighted by Gasteiger charge is 2.39.